The zero-order chi connectivity index (χ0) is 19.9. The number of halogens is 4. The second-order valence-electron chi connectivity index (χ2n) is 7.34. The summed E-state index contributed by atoms with van der Waals surface area (Å²) in [5.41, 5.74) is 1.61. The first-order valence-electron chi connectivity index (χ1n) is 9.11. The van der Waals surface area contributed by atoms with Crippen molar-refractivity contribution in [3.05, 3.63) is 48.3 Å². The van der Waals surface area contributed by atoms with E-state index < -0.39 is 11.9 Å². The Morgan fingerprint density at radius 1 is 1.21 bits per heavy atom. The zero-order valence-corrected chi connectivity index (χ0v) is 16.5. The summed E-state index contributed by atoms with van der Waals surface area (Å²) in [5.74, 6) is -0.149. The summed E-state index contributed by atoms with van der Waals surface area (Å²) in [5, 5.41) is 3.46. The molecular weight excluding hydrogens is 407 g/mol. The quantitative estimate of drug-likeness (QED) is 0.801. The number of benzene rings is 1. The first-order valence-corrected chi connectivity index (χ1v) is 9.11. The lowest BCUT2D eigenvalue weighted by Gasteiger charge is -2.23. The number of pyridine rings is 1. The van der Waals surface area contributed by atoms with E-state index in [1.54, 1.807) is 30.3 Å². The zero-order valence-electron chi connectivity index (χ0n) is 15.7. The number of hydrogen-bond acceptors (Lipinski definition) is 4. The summed E-state index contributed by atoms with van der Waals surface area (Å²) in [4.78, 5) is 18.7. The predicted octanol–water partition coefficient (Wildman–Crippen LogP) is 4.09. The molecule has 1 aromatic carbocycles. The summed E-state index contributed by atoms with van der Waals surface area (Å²) >= 11 is 0. The van der Waals surface area contributed by atoms with Gasteiger partial charge >= 0.3 is 6.36 Å². The molecule has 1 N–H and O–H groups in total. The molecule has 0 aliphatic carbocycles. The molecule has 0 bridgehead atoms. The normalized spacial score (nSPS) is 24.1. The van der Waals surface area contributed by atoms with E-state index in [0.29, 0.717) is 5.56 Å². The standard InChI is InChI=1S/C20H20F3N3O2.ClH/c1-26-10-8-19(18(26)27)7-5-16(25-19)17-12-14(6-9-24-17)13-3-2-4-15(11-13)28-20(21,22)23;/h2-4,6,9,11-12,16,25H,5,7-8,10H2,1H3;1H/t16-,19-;/m0./s1. The summed E-state index contributed by atoms with van der Waals surface area (Å²) in [6, 6.07) is 9.40. The average Bonchev–Trinajstić information content (AvgIpc) is 3.21. The Labute approximate surface area is 172 Å². The van der Waals surface area contributed by atoms with Crippen molar-refractivity contribution < 1.29 is 22.7 Å². The van der Waals surface area contributed by atoms with Crippen molar-refractivity contribution in [1.29, 1.82) is 0 Å². The van der Waals surface area contributed by atoms with E-state index in [-0.39, 0.29) is 30.1 Å². The third-order valence-electron chi connectivity index (χ3n) is 5.48. The molecule has 0 radical (unpaired) electrons. The van der Waals surface area contributed by atoms with Gasteiger partial charge in [0.1, 0.15) is 11.3 Å². The highest BCUT2D eigenvalue weighted by molar-refractivity contribution is 5.88. The van der Waals surface area contributed by atoms with Crippen molar-refractivity contribution >= 4 is 18.3 Å². The molecule has 2 aliphatic rings. The molecule has 2 fully saturated rings. The Kier molecular flexibility index (Phi) is 5.78. The molecule has 9 heteroatoms. The minimum Gasteiger partial charge on any atom is -0.406 e. The van der Waals surface area contributed by atoms with Crippen molar-refractivity contribution in [3.63, 3.8) is 0 Å². The number of alkyl halides is 3. The van der Waals surface area contributed by atoms with Crippen LogP contribution < -0.4 is 10.1 Å². The average molecular weight is 428 g/mol. The van der Waals surface area contributed by atoms with Gasteiger partial charge in [0.05, 0.1) is 11.7 Å². The smallest absolute Gasteiger partial charge is 0.406 e. The monoisotopic (exact) mass is 427 g/mol. The van der Waals surface area contributed by atoms with E-state index in [4.69, 9.17) is 0 Å². The molecule has 2 aromatic rings. The number of nitrogens with one attached hydrogen (secondary N) is 1. The molecule has 1 aromatic heterocycles. The lowest BCUT2D eigenvalue weighted by Crippen LogP contribution is -2.47. The van der Waals surface area contributed by atoms with Gasteiger partial charge in [0.15, 0.2) is 0 Å². The fourth-order valence-corrected chi connectivity index (χ4v) is 4.08. The van der Waals surface area contributed by atoms with E-state index in [2.05, 4.69) is 15.0 Å². The van der Waals surface area contributed by atoms with Gasteiger partial charge in [-0.3, -0.25) is 15.1 Å². The van der Waals surface area contributed by atoms with Crippen LogP contribution in [0.25, 0.3) is 11.1 Å². The topological polar surface area (TPSA) is 54.5 Å². The third-order valence-corrected chi connectivity index (χ3v) is 5.48. The summed E-state index contributed by atoms with van der Waals surface area (Å²) in [6.07, 6.45) is -0.785. The molecule has 1 amide bonds. The number of amides is 1. The van der Waals surface area contributed by atoms with E-state index in [0.717, 1.165) is 37.1 Å². The van der Waals surface area contributed by atoms with Crippen molar-refractivity contribution in [3.8, 4) is 16.9 Å². The van der Waals surface area contributed by atoms with Gasteiger partial charge in [-0.2, -0.15) is 0 Å². The first kappa shape index (κ1) is 21.4. The lowest BCUT2D eigenvalue weighted by molar-refractivity contribution is -0.274. The van der Waals surface area contributed by atoms with Crippen LogP contribution in [0, 0.1) is 0 Å². The number of hydrogen-bond donors (Lipinski definition) is 1. The Morgan fingerprint density at radius 2 is 1.97 bits per heavy atom. The maximum Gasteiger partial charge on any atom is 0.573 e. The van der Waals surface area contributed by atoms with Crippen LogP contribution in [0.15, 0.2) is 42.6 Å². The molecule has 2 saturated heterocycles. The number of likely N-dealkylation sites (tertiary alicyclic amines) is 1. The van der Waals surface area contributed by atoms with Gasteiger partial charge in [0.2, 0.25) is 5.91 Å². The Morgan fingerprint density at radius 3 is 2.66 bits per heavy atom. The van der Waals surface area contributed by atoms with Gasteiger partial charge < -0.3 is 9.64 Å². The van der Waals surface area contributed by atoms with Crippen molar-refractivity contribution in [1.82, 2.24) is 15.2 Å². The molecule has 2 aliphatic heterocycles. The van der Waals surface area contributed by atoms with E-state index >= 15 is 0 Å². The minimum atomic E-state index is -4.73. The number of ether oxygens (including phenoxy) is 1. The number of rotatable bonds is 3. The van der Waals surface area contributed by atoms with Crippen molar-refractivity contribution in [2.24, 2.45) is 0 Å². The van der Waals surface area contributed by atoms with Crippen LogP contribution in [-0.2, 0) is 4.79 Å². The van der Waals surface area contributed by atoms with Crippen LogP contribution in [0.4, 0.5) is 13.2 Å². The maximum absolute atomic E-state index is 12.5. The van der Waals surface area contributed by atoms with E-state index in [1.165, 1.54) is 18.2 Å². The van der Waals surface area contributed by atoms with Gasteiger partial charge in [0.25, 0.3) is 0 Å². The van der Waals surface area contributed by atoms with Crippen LogP contribution in [0.3, 0.4) is 0 Å². The Balaban J connectivity index is 0.00000240. The number of carbonyl (C=O) groups is 1. The molecule has 0 saturated carbocycles. The second-order valence-corrected chi connectivity index (χ2v) is 7.34. The van der Waals surface area contributed by atoms with Crippen molar-refractivity contribution in [2.75, 3.05) is 13.6 Å². The van der Waals surface area contributed by atoms with Gasteiger partial charge in [-0.25, -0.2) is 0 Å². The molecule has 2 atom stereocenters. The summed E-state index contributed by atoms with van der Waals surface area (Å²) in [6.45, 7) is 0.734. The molecule has 5 nitrogen and oxygen atoms in total. The lowest BCUT2D eigenvalue weighted by atomic mass is 9.96. The van der Waals surface area contributed by atoms with Crippen LogP contribution in [0.1, 0.15) is 31.0 Å². The van der Waals surface area contributed by atoms with Gasteiger partial charge in [-0.05, 0) is 54.7 Å². The maximum atomic E-state index is 12.5. The summed E-state index contributed by atoms with van der Waals surface area (Å²) in [7, 11) is 1.81. The van der Waals surface area contributed by atoms with Crippen LogP contribution in [-0.4, -0.2) is 41.3 Å². The van der Waals surface area contributed by atoms with Gasteiger partial charge in [0, 0.05) is 19.8 Å². The fraction of sp³-hybridized carbons (Fsp3) is 0.400. The molecule has 0 unspecified atom stereocenters. The predicted molar refractivity (Wildman–Crippen MR) is 104 cm³/mol. The fourth-order valence-electron chi connectivity index (χ4n) is 4.08. The van der Waals surface area contributed by atoms with E-state index in [9.17, 15) is 18.0 Å². The number of aromatic nitrogens is 1. The second kappa shape index (κ2) is 7.84. The number of likely N-dealkylation sites (N-methyl/N-ethyl adjacent to an activating group) is 1. The molecule has 156 valence electrons. The van der Waals surface area contributed by atoms with Crippen LogP contribution >= 0.6 is 12.4 Å². The van der Waals surface area contributed by atoms with E-state index in [1.807, 2.05) is 6.07 Å². The SMILES string of the molecule is CN1CC[C@@]2(CC[C@@H](c3cc(-c4cccc(OC(F)(F)F)c4)ccn3)N2)C1=O.Cl. The largest absolute Gasteiger partial charge is 0.573 e. The Hall–Kier alpha value is -2.32. The summed E-state index contributed by atoms with van der Waals surface area (Å²) < 4.78 is 41.4. The molecule has 1 spiro atoms. The molecular formula is C20H21ClF3N3O2. The Bertz CT molecular complexity index is 909. The highest BCUT2D eigenvalue weighted by Gasteiger charge is 2.50. The van der Waals surface area contributed by atoms with Gasteiger partial charge in [-0.15, -0.1) is 25.6 Å². The number of carbonyl (C=O) groups excluding carboxylic acids is 1. The first-order chi connectivity index (χ1) is 13.3. The minimum absolute atomic E-state index is 0. The van der Waals surface area contributed by atoms with Crippen LogP contribution in [0.2, 0.25) is 0 Å². The van der Waals surface area contributed by atoms with Gasteiger partial charge in [-0.1, -0.05) is 12.1 Å². The number of nitrogens with zero attached hydrogens (tertiary/aromatic N) is 2. The van der Waals surface area contributed by atoms with Crippen molar-refractivity contribution in [2.45, 2.75) is 37.2 Å². The molecule has 4 rings (SSSR count). The highest BCUT2D eigenvalue weighted by Crippen LogP contribution is 2.39. The highest BCUT2D eigenvalue weighted by atomic mass is 35.5. The van der Waals surface area contributed by atoms with Crippen LogP contribution in [0.5, 0.6) is 5.75 Å². The molecule has 3 heterocycles. The molecule has 29 heavy (non-hydrogen) atoms. The third kappa shape index (κ3) is 4.33.